The molecule has 0 radical (unpaired) electrons. The summed E-state index contributed by atoms with van der Waals surface area (Å²) in [5.74, 6) is 2.18. The Labute approximate surface area is 147 Å². The number of hydrogen-bond acceptors (Lipinski definition) is 6. The fourth-order valence-electron chi connectivity index (χ4n) is 2.34. The molecule has 0 amide bonds. The zero-order valence-corrected chi connectivity index (χ0v) is 14.4. The van der Waals surface area contributed by atoms with Crippen LogP contribution in [0.25, 0.3) is 0 Å². The summed E-state index contributed by atoms with van der Waals surface area (Å²) in [7, 11) is 0. The van der Waals surface area contributed by atoms with E-state index in [0.717, 1.165) is 28.5 Å². The van der Waals surface area contributed by atoms with Gasteiger partial charge in [0.05, 0.1) is 6.61 Å². The van der Waals surface area contributed by atoms with Gasteiger partial charge in [0.25, 0.3) is 0 Å². The number of aryl methyl sites for hydroxylation is 1. The van der Waals surface area contributed by atoms with Gasteiger partial charge in [0.1, 0.15) is 11.6 Å². The van der Waals surface area contributed by atoms with Crippen molar-refractivity contribution < 1.29 is 4.74 Å². The molecule has 0 aliphatic rings. The van der Waals surface area contributed by atoms with Crippen LogP contribution in [0.2, 0.25) is 0 Å². The third kappa shape index (κ3) is 4.91. The Morgan fingerprint density at radius 3 is 2.48 bits per heavy atom. The zero-order valence-electron chi connectivity index (χ0n) is 14.4. The van der Waals surface area contributed by atoms with Crippen LogP contribution < -0.4 is 15.4 Å². The van der Waals surface area contributed by atoms with Crippen molar-refractivity contribution in [2.45, 2.75) is 20.4 Å². The first-order valence-electron chi connectivity index (χ1n) is 8.21. The Bertz CT molecular complexity index is 806. The maximum Gasteiger partial charge on any atom is 0.229 e. The van der Waals surface area contributed by atoms with Gasteiger partial charge in [0.15, 0.2) is 0 Å². The Kier molecular flexibility index (Phi) is 5.41. The second-order valence-corrected chi connectivity index (χ2v) is 5.51. The monoisotopic (exact) mass is 335 g/mol. The quantitative estimate of drug-likeness (QED) is 0.681. The molecule has 25 heavy (non-hydrogen) atoms. The van der Waals surface area contributed by atoms with Crippen molar-refractivity contribution in [3.63, 3.8) is 0 Å². The minimum absolute atomic E-state index is 0.557. The third-order valence-electron chi connectivity index (χ3n) is 3.50. The van der Waals surface area contributed by atoms with E-state index in [1.807, 2.05) is 56.3 Å². The van der Waals surface area contributed by atoms with Crippen LogP contribution in [-0.4, -0.2) is 21.6 Å². The van der Waals surface area contributed by atoms with Crippen LogP contribution >= 0.6 is 0 Å². The van der Waals surface area contributed by atoms with E-state index >= 15 is 0 Å². The first-order chi connectivity index (χ1) is 12.2. The van der Waals surface area contributed by atoms with Crippen molar-refractivity contribution in [1.82, 2.24) is 15.0 Å². The molecule has 1 aromatic carbocycles. The highest BCUT2D eigenvalue weighted by molar-refractivity contribution is 5.56. The highest BCUT2D eigenvalue weighted by Gasteiger charge is 2.04. The first-order valence-corrected chi connectivity index (χ1v) is 8.21. The second-order valence-electron chi connectivity index (χ2n) is 5.51. The summed E-state index contributed by atoms with van der Waals surface area (Å²) in [6.07, 6.45) is 3.56. The number of nitrogens with zero attached hydrogens (tertiary/aromatic N) is 3. The summed E-state index contributed by atoms with van der Waals surface area (Å²) in [4.78, 5) is 13.0. The second kappa shape index (κ2) is 8.10. The van der Waals surface area contributed by atoms with Crippen molar-refractivity contribution >= 4 is 17.5 Å². The minimum Gasteiger partial charge on any atom is -0.494 e. The molecule has 0 saturated carbocycles. The van der Waals surface area contributed by atoms with E-state index in [1.54, 1.807) is 12.4 Å². The first kappa shape index (κ1) is 16.7. The van der Waals surface area contributed by atoms with Crippen LogP contribution in [-0.2, 0) is 6.54 Å². The molecule has 2 heterocycles. The van der Waals surface area contributed by atoms with E-state index < -0.39 is 0 Å². The number of hydrogen-bond donors (Lipinski definition) is 2. The molecule has 6 nitrogen and oxygen atoms in total. The highest BCUT2D eigenvalue weighted by atomic mass is 16.5. The molecule has 2 N–H and O–H groups in total. The number of anilines is 3. The van der Waals surface area contributed by atoms with Gasteiger partial charge in [-0.05, 0) is 55.8 Å². The van der Waals surface area contributed by atoms with Gasteiger partial charge in [-0.25, -0.2) is 4.98 Å². The molecule has 0 bridgehead atoms. The van der Waals surface area contributed by atoms with Gasteiger partial charge in [-0.1, -0.05) is 0 Å². The zero-order chi connectivity index (χ0) is 17.5. The lowest BCUT2D eigenvalue weighted by Gasteiger charge is -2.10. The van der Waals surface area contributed by atoms with E-state index in [4.69, 9.17) is 4.74 Å². The molecule has 0 spiro atoms. The summed E-state index contributed by atoms with van der Waals surface area (Å²) in [6.45, 7) is 5.25. The predicted octanol–water partition coefficient (Wildman–Crippen LogP) is 3.93. The molecule has 0 aliphatic heterocycles. The number of benzene rings is 1. The van der Waals surface area contributed by atoms with Gasteiger partial charge in [-0.2, -0.15) is 4.98 Å². The summed E-state index contributed by atoms with van der Waals surface area (Å²) < 4.78 is 5.45. The maximum atomic E-state index is 5.45. The van der Waals surface area contributed by atoms with Gasteiger partial charge in [-0.15, -0.1) is 0 Å². The number of ether oxygens (including phenoxy) is 1. The highest BCUT2D eigenvalue weighted by Crippen LogP contribution is 2.19. The number of rotatable bonds is 7. The van der Waals surface area contributed by atoms with Crippen molar-refractivity contribution in [3.05, 3.63) is 66.1 Å². The van der Waals surface area contributed by atoms with Gasteiger partial charge in [0, 0.05) is 36.4 Å². The number of aromatic nitrogens is 3. The summed E-state index contributed by atoms with van der Waals surface area (Å²) >= 11 is 0. The standard InChI is InChI=1S/C19H21N5O/c1-3-25-17-6-4-16(5-7-17)23-19-22-14(2)12-18(24-19)21-13-15-8-10-20-11-9-15/h4-12H,3,13H2,1-2H3,(H2,21,22,23,24). The van der Waals surface area contributed by atoms with Crippen LogP contribution in [0.4, 0.5) is 17.5 Å². The minimum atomic E-state index is 0.557. The normalized spacial score (nSPS) is 10.3. The average Bonchev–Trinajstić information content (AvgIpc) is 2.62. The van der Waals surface area contributed by atoms with Crippen molar-refractivity contribution in [2.24, 2.45) is 0 Å². The van der Waals surface area contributed by atoms with Crippen LogP contribution in [0.5, 0.6) is 5.75 Å². The largest absolute Gasteiger partial charge is 0.494 e. The SMILES string of the molecule is CCOc1ccc(Nc2nc(C)cc(NCc3ccncc3)n2)cc1. The summed E-state index contributed by atoms with van der Waals surface area (Å²) in [5.41, 5.74) is 2.95. The van der Waals surface area contributed by atoms with E-state index in [0.29, 0.717) is 19.1 Å². The Hall–Kier alpha value is -3.15. The van der Waals surface area contributed by atoms with Gasteiger partial charge in [0.2, 0.25) is 5.95 Å². The average molecular weight is 335 g/mol. The molecular formula is C19H21N5O. The van der Waals surface area contributed by atoms with Crippen LogP contribution in [0.15, 0.2) is 54.9 Å². The Morgan fingerprint density at radius 1 is 1.00 bits per heavy atom. The smallest absolute Gasteiger partial charge is 0.229 e. The van der Waals surface area contributed by atoms with Gasteiger partial charge < -0.3 is 15.4 Å². The molecule has 2 aromatic heterocycles. The number of pyridine rings is 1. The topological polar surface area (TPSA) is 72.0 Å². The Morgan fingerprint density at radius 2 is 1.76 bits per heavy atom. The summed E-state index contributed by atoms with van der Waals surface area (Å²) in [5, 5.41) is 6.54. The van der Waals surface area contributed by atoms with E-state index in [9.17, 15) is 0 Å². The predicted molar refractivity (Wildman–Crippen MR) is 99.2 cm³/mol. The fourth-order valence-corrected chi connectivity index (χ4v) is 2.34. The van der Waals surface area contributed by atoms with Crippen molar-refractivity contribution in [2.75, 3.05) is 17.2 Å². The van der Waals surface area contributed by atoms with Crippen LogP contribution in [0, 0.1) is 6.92 Å². The lowest BCUT2D eigenvalue weighted by Crippen LogP contribution is -2.05. The van der Waals surface area contributed by atoms with E-state index in [2.05, 4.69) is 25.6 Å². The van der Waals surface area contributed by atoms with Gasteiger partial charge >= 0.3 is 0 Å². The molecule has 0 atom stereocenters. The molecule has 3 rings (SSSR count). The van der Waals surface area contributed by atoms with E-state index in [-0.39, 0.29) is 0 Å². The molecular weight excluding hydrogens is 314 g/mol. The van der Waals surface area contributed by atoms with Gasteiger partial charge in [-0.3, -0.25) is 4.98 Å². The molecule has 0 aliphatic carbocycles. The van der Waals surface area contributed by atoms with Crippen LogP contribution in [0.3, 0.4) is 0 Å². The van der Waals surface area contributed by atoms with Crippen LogP contribution in [0.1, 0.15) is 18.2 Å². The third-order valence-corrected chi connectivity index (χ3v) is 3.50. The molecule has 128 valence electrons. The number of nitrogens with one attached hydrogen (secondary N) is 2. The molecule has 0 fully saturated rings. The Balaban J connectivity index is 1.68. The molecule has 0 saturated heterocycles. The molecule has 6 heteroatoms. The van der Waals surface area contributed by atoms with Crippen molar-refractivity contribution in [3.8, 4) is 5.75 Å². The van der Waals surface area contributed by atoms with Crippen molar-refractivity contribution in [1.29, 1.82) is 0 Å². The fraction of sp³-hybridized carbons (Fsp3) is 0.211. The maximum absolute atomic E-state index is 5.45. The summed E-state index contributed by atoms with van der Waals surface area (Å²) in [6, 6.07) is 13.6. The van der Waals surface area contributed by atoms with E-state index in [1.165, 1.54) is 0 Å². The molecule has 3 aromatic rings. The molecule has 0 unspecified atom stereocenters. The lowest BCUT2D eigenvalue weighted by molar-refractivity contribution is 0.340. The lowest BCUT2D eigenvalue weighted by atomic mass is 10.3.